The van der Waals surface area contributed by atoms with E-state index in [0.29, 0.717) is 49.8 Å². The molecule has 22 heteroatoms. The minimum Gasteiger partial charge on any atom is -0.443 e. The number of carbonyl (C=O) groups is 2. The van der Waals surface area contributed by atoms with Crippen LogP contribution in [0.1, 0.15) is 0 Å². The van der Waals surface area contributed by atoms with Crippen LogP contribution < -0.4 is 30.7 Å². The zero-order valence-corrected chi connectivity index (χ0v) is 30.9. The summed E-state index contributed by atoms with van der Waals surface area (Å²) in [7, 11) is -5.10. The van der Waals surface area contributed by atoms with E-state index < -0.39 is 60.8 Å². The van der Waals surface area contributed by atoms with Crippen LogP contribution in [0.5, 0.6) is 0 Å². The van der Waals surface area contributed by atoms with E-state index in [2.05, 4.69) is 17.5 Å². The number of benzene rings is 2. The third kappa shape index (κ3) is 10.1. The average molecular weight is 815 g/mol. The molecule has 4 saturated heterocycles. The molecular formula is C30H39ClF4N8O6S3. The van der Waals surface area contributed by atoms with Crippen molar-refractivity contribution in [2.24, 2.45) is 5.73 Å². The third-order valence-electron chi connectivity index (χ3n) is 8.64. The molecule has 0 spiro atoms. The lowest BCUT2D eigenvalue weighted by Gasteiger charge is -2.30. The Kier molecular flexibility index (Phi) is 13.4. The molecule has 4 aliphatic heterocycles. The number of alkyl halides is 2. The van der Waals surface area contributed by atoms with E-state index in [9.17, 15) is 35.6 Å². The van der Waals surface area contributed by atoms with Gasteiger partial charge in [0.2, 0.25) is 0 Å². The van der Waals surface area contributed by atoms with Gasteiger partial charge in [-0.3, -0.25) is 19.4 Å². The minimum atomic E-state index is -2.79. The first-order valence-corrected chi connectivity index (χ1v) is 20.1. The van der Waals surface area contributed by atoms with E-state index >= 15 is 0 Å². The third-order valence-corrected chi connectivity index (χ3v) is 12.3. The number of amides is 2. The number of halogens is 5. The van der Waals surface area contributed by atoms with E-state index in [1.54, 1.807) is 28.0 Å². The maximum absolute atomic E-state index is 14.6. The number of nitrogens with two attached hydrogens (primary N) is 1. The zero-order chi connectivity index (χ0) is 37.1. The fraction of sp³-hybridized carbons (Fsp3) is 0.500. The van der Waals surface area contributed by atoms with Gasteiger partial charge in [-0.15, -0.1) is 12.4 Å². The lowest BCUT2D eigenvalue weighted by Crippen LogP contribution is -2.40. The topological polar surface area (TPSA) is 185 Å². The highest BCUT2D eigenvalue weighted by atomic mass is 35.5. The second-order valence-corrected chi connectivity index (χ2v) is 17.5. The van der Waals surface area contributed by atoms with Gasteiger partial charge >= 0.3 is 12.2 Å². The van der Waals surface area contributed by atoms with E-state index in [4.69, 9.17) is 24.8 Å². The summed E-state index contributed by atoms with van der Waals surface area (Å²) in [6.07, 6.45) is -5.09. The van der Waals surface area contributed by atoms with Crippen LogP contribution >= 0.6 is 24.6 Å². The Bertz CT molecular complexity index is 1850. The summed E-state index contributed by atoms with van der Waals surface area (Å²) < 4.78 is 103. The second-order valence-electron chi connectivity index (χ2n) is 12.2. The van der Waals surface area contributed by atoms with Crippen molar-refractivity contribution in [1.29, 1.82) is 9.56 Å². The lowest BCUT2D eigenvalue weighted by molar-refractivity contribution is 0.141. The van der Waals surface area contributed by atoms with Crippen molar-refractivity contribution in [3.8, 4) is 0 Å². The van der Waals surface area contributed by atoms with Gasteiger partial charge in [-0.1, -0.05) is 12.2 Å². The van der Waals surface area contributed by atoms with Crippen molar-refractivity contribution in [3.63, 3.8) is 0 Å². The Morgan fingerprint density at radius 3 is 1.60 bits per heavy atom. The average Bonchev–Trinajstić information content (AvgIpc) is 3.65. The predicted octanol–water partition coefficient (Wildman–Crippen LogP) is 3.60. The first kappa shape index (κ1) is 41.1. The number of hydrogen-bond acceptors (Lipinski definition) is 12. The molecule has 2 aromatic carbocycles. The summed E-state index contributed by atoms with van der Waals surface area (Å²) in [5, 5.41) is 2.34. The van der Waals surface area contributed by atoms with Gasteiger partial charge in [0, 0.05) is 75.2 Å². The highest BCUT2D eigenvalue weighted by Gasteiger charge is 2.34. The Labute approximate surface area is 310 Å². The fourth-order valence-corrected chi connectivity index (χ4v) is 8.32. The molecule has 0 saturated carbocycles. The summed E-state index contributed by atoms with van der Waals surface area (Å²) in [6.45, 7) is 1.96. The molecule has 2 amide bonds. The van der Waals surface area contributed by atoms with Gasteiger partial charge in [0.25, 0.3) is 6.43 Å². The van der Waals surface area contributed by atoms with Gasteiger partial charge in [0.15, 0.2) is 0 Å². The molecule has 0 radical (unpaired) electrons. The summed E-state index contributed by atoms with van der Waals surface area (Å²) in [4.78, 5) is 29.3. The summed E-state index contributed by atoms with van der Waals surface area (Å²) in [6, 6.07) is 8.83. The van der Waals surface area contributed by atoms with E-state index in [1.165, 1.54) is 28.0 Å². The smallest absolute Gasteiger partial charge is 0.414 e. The van der Waals surface area contributed by atoms with Gasteiger partial charge in [-0.2, -0.15) is 0 Å². The van der Waals surface area contributed by atoms with E-state index in [1.807, 2.05) is 0 Å². The molecule has 14 nitrogen and oxygen atoms in total. The van der Waals surface area contributed by atoms with Crippen LogP contribution in [0, 0.1) is 21.2 Å². The summed E-state index contributed by atoms with van der Waals surface area (Å²) in [5.41, 5.74) is 6.90. The van der Waals surface area contributed by atoms with Gasteiger partial charge in [-0.25, -0.2) is 35.6 Å². The lowest BCUT2D eigenvalue weighted by atomic mass is 10.2. The minimum absolute atomic E-state index is 0. The normalized spacial score (nSPS) is 22.3. The van der Waals surface area contributed by atoms with Crippen LogP contribution in [0.4, 0.5) is 49.9 Å². The van der Waals surface area contributed by atoms with Gasteiger partial charge in [0.1, 0.15) is 28.8 Å². The molecule has 4 heterocycles. The Morgan fingerprint density at radius 1 is 0.827 bits per heavy atom. The van der Waals surface area contributed by atoms with Crippen LogP contribution in [0.25, 0.3) is 0 Å². The van der Waals surface area contributed by atoms with Crippen LogP contribution in [0.3, 0.4) is 0 Å². The standard InChI is InChI=1S/C16H19F3N4O3S2.C14H19FN4O3S.ClH/c17-12-7-10(1-2-13(12)22-3-5-28(20,25)6-4-22)23-9-11(26-16(23)24)8-21-15(27)14(18)19;15-12-7-10(19-9-11(8-16)22-14(19)20)1-2-13(12)18-3-5-23(17,21)6-4-18;/h1-2,7,11,14,20H,3-6,8-9H2,(H,21,27);1-2,7,11,17H,3-6,8-9,16H2;1H/t2*11-;/m00./s1. The van der Waals surface area contributed by atoms with Crippen LogP contribution in [0.15, 0.2) is 36.4 Å². The van der Waals surface area contributed by atoms with Crippen molar-refractivity contribution < 1.29 is 45.0 Å². The molecule has 0 unspecified atom stereocenters. The molecule has 0 bridgehead atoms. The summed E-state index contributed by atoms with van der Waals surface area (Å²) in [5.74, 6) is -0.159. The van der Waals surface area contributed by atoms with Crippen molar-refractivity contribution in [3.05, 3.63) is 48.0 Å². The Hall–Kier alpha value is -3.66. The highest BCUT2D eigenvalue weighted by Crippen LogP contribution is 2.30. The number of anilines is 4. The first-order chi connectivity index (χ1) is 24.1. The molecule has 52 heavy (non-hydrogen) atoms. The second kappa shape index (κ2) is 17.0. The molecule has 2 atom stereocenters. The predicted molar refractivity (Wildman–Crippen MR) is 197 cm³/mol. The van der Waals surface area contributed by atoms with Gasteiger partial charge in [0.05, 0.1) is 42.4 Å². The monoisotopic (exact) mass is 814 g/mol. The van der Waals surface area contributed by atoms with Crippen molar-refractivity contribution >= 4 is 84.0 Å². The van der Waals surface area contributed by atoms with Crippen molar-refractivity contribution in [1.82, 2.24) is 5.32 Å². The number of hydrogen-bond donors (Lipinski definition) is 4. The Morgan fingerprint density at radius 2 is 1.23 bits per heavy atom. The highest BCUT2D eigenvalue weighted by molar-refractivity contribution is 7.92. The SMILES string of the molecule is Cl.N=S1(=O)CCN(c2ccc(N3C[C@H](CN)OC3=O)cc2F)CC1.N=S1(=O)CCN(c2ccc(N3C[C@H](CNC(=S)C(F)F)OC3=O)cc2F)CC1. The molecule has 0 aliphatic carbocycles. The molecule has 2 aromatic rings. The van der Waals surface area contributed by atoms with Crippen LogP contribution in [-0.4, -0.2) is 120 Å². The molecule has 0 aromatic heterocycles. The number of nitrogens with zero attached hydrogens (tertiary/aromatic N) is 4. The molecule has 288 valence electrons. The number of carbonyl (C=O) groups excluding carboxylic acids is 2. The molecule has 4 fully saturated rings. The quantitative estimate of drug-likeness (QED) is 0.226. The number of cyclic esters (lactones) is 2. The number of nitrogens with one attached hydrogen (secondary N) is 3. The number of thiocarbonyl (C=S) groups is 1. The van der Waals surface area contributed by atoms with Crippen molar-refractivity contribution in [2.75, 3.05) is 95.0 Å². The number of rotatable bonds is 8. The first-order valence-electron chi connectivity index (χ1n) is 15.9. The van der Waals surface area contributed by atoms with Gasteiger partial charge in [-0.05, 0) is 36.4 Å². The van der Waals surface area contributed by atoms with Crippen LogP contribution in [0.2, 0.25) is 0 Å². The molecule has 6 rings (SSSR count). The zero-order valence-electron chi connectivity index (χ0n) is 27.6. The van der Waals surface area contributed by atoms with E-state index in [-0.39, 0.29) is 66.8 Å². The van der Waals surface area contributed by atoms with E-state index in [0.717, 1.165) is 0 Å². The fourth-order valence-electron chi connectivity index (χ4n) is 5.77. The molecule has 5 N–H and O–H groups in total. The Balaban J connectivity index is 0.000000232. The maximum Gasteiger partial charge on any atom is 0.414 e. The molecular weight excluding hydrogens is 776 g/mol. The molecule has 4 aliphatic rings. The maximum atomic E-state index is 14.6. The van der Waals surface area contributed by atoms with Gasteiger partial charge < -0.3 is 30.3 Å². The van der Waals surface area contributed by atoms with Crippen molar-refractivity contribution in [2.45, 2.75) is 18.6 Å². The largest absolute Gasteiger partial charge is 0.443 e. The summed E-state index contributed by atoms with van der Waals surface area (Å²) >= 11 is 4.47. The van der Waals surface area contributed by atoms with Crippen LogP contribution in [-0.2, 0) is 28.9 Å². The number of ether oxygens (including phenoxy) is 2.